The molecule has 0 N–H and O–H groups in total. The second kappa shape index (κ2) is 6.07. The van der Waals surface area contributed by atoms with Crippen LogP contribution < -0.4 is 4.90 Å². The molecule has 0 unspecified atom stereocenters. The predicted octanol–water partition coefficient (Wildman–Crippen LogP) is 3.55. The van der Waals surface area contributed by atoms with E-state index in [0.717, 1.165) is 41.6 Å². The van der Waals surface area contributed by atoms with Gasteiger partial charge in [0, 0.05) is 30.4 Å². The van der Waals surface area contributed by atoms with Gasteiger partial charge in [0.1, 0.15) is 5.82 Å². The van der Waals surface area contributed by atoms with Crippen LogP contribution in [0.5, 0.6) is 0 Å². The first-order valence-electron chi connectivity index (χ1n) is 8.44. The molecule has 5 heteroatoms. The fraction of sp³-hybridized carbons (Fsp3) is 0.316. The van der Waals surface area contributed by atoms with E-state index >= 15 is 0 Å². The molecule has 3 aromatic rings. The Balaban J connectivity index is 1.86. The Hall–Kier alpha value is -2.69. The van der Waals surface area contributed by atoms with Crippen molar-refractivity contribution in [3.05, 3.63) is 53.9 Å². The third-order valence-electron chi connectivity index (χ3n) is 4.40. The fourth-order valence-corrected chi connectivity index (χ4v) is 3.21. The molecule has 0 saturated carbocycles. The lowest BCUT2D eigenvalue weighted by atomic mass is 10.1. The Morgan fingerprint density at radius 3 is 2.33 bits per heavy atom. The minimum atomic E-state index is 0.642. The summed E-state index contributed by atoms with van der Waals surface area (Å²) in [7, 11) is 0. The number of rotatable bonds is 3. The molecule has 0 spiro atoms. The summed E-state index contributed by atoms with van der Waals surface area (Å²) in [5.41, 5.74) is 4.06. The Bertz CT molecular complexity index is 847. The highest BCUT2D eigenvalue weighted by Crippen LogP contribution is 2.25. The van der Waals surface area contributed by atoms with Gasteiger partial charge in [-0.1, -0.05) is 30.3 Å². The summed E-state index contributed by atoms with van der Waals surface area (Å²) in [5.74, 6) is 1.63. The van der Waals surface area contributed by atoms with E-state index in [1.54, 1.807) is 0 Å². The Morgan fingerprint density at radius 1 is 0.917 bits per heavy atom. The van der Waals surface area contributed by atoms with Gasteiger partial charge >= 0.3 is 0 Å². The molecule has 122 valence electrons. The van der Waals surface area contributed by atoms with E-state index in [1.165, 1.54) is 12.8 Å². The average Bonchev–Trinajstić information content (AvgIpc) is 3.25. The topological polar surface area (TPSA) is 46.8 Å². The van der Waals surface area contributed by atoms with Crippen molar-refractivity contribution in [3.63, 3.8) is 0 Å². The number of benzene rings is 1. The zero-order valence-electron chi connectivity index (χ0n) is 14.1. The summed E-state index contributed by atoms with van der Waals surface area (Å²) in [6.45, 7) is 6.14. The Kier molecular flexibility index (Phi) is 3.76. The van der Waals surface area contributed by atoms with E-state index in [1.807, 2.05) is 42.8 Å². The lowest BCUT2D eigenvalue weighted by Gasteiger charge is -2.18. The number of aromatic nitrogens is 4. The molecule has 1 fully saturated rings. The van der Waals surface area contributed by atoms with Gasteiger partial charge in [-0.3, -0.25) is 0 Å². The van der Waals surface area contributed by atoms with Crippen molar-refractivity contribution in [1.29, 1.82) is 0 Å². The summed E-state index contributed by atoms with van der Waals surface area (Å²) in [5, 5.41) is 4.56. The van der Waals surface area contributed by atoms with Crippen molar-refractivity contribution < 1.29 is 0 Å². The van der Waals surface area contributed by atoms with Gasteiger partial charge in [-0.25, -0.2) is 9.67 Å². The monoisotopic (exact) mass is 319 g/mol. The molecule has 1 aromatic carbocycles. The van der Waals surface area contributed by atoms with Crippen molar-refractivity contribution in [2.75, 3.05) is 18.0 Å². The first-order valence-corrected chi connectivity index (χ1v) is 8.44. The minimum Gasteiger partial charge on any atom is -0.356 e. The first kappa shape index (κ1) is 14.9. The predicted molar refractivity (Wildman–Crippen MR) is 95.5 cm³/mol. The van der Waals surface area contributed by atoms with E-state index in [0.29, 0.717) is 5.95 Å². The lowest BCUT2D eigenvalue weighted by molar-refractivity contribution is 0.768. The van der Waals surface area contributed by atoms with Gasteiger partial charge in [0.2, 0.25) is 0 Å². The zero-order chi connectivity index (χ0) is 16.5. The number of hydrogen-bond donors (Lipinski definition) is 0. The summed E-state index contributed by atoms with van der Waals surface area (Å²) in [4.78, 5) is 11.9. The molecule has 1 aliphatic rings. The first-order chi connectivity index (χ1) is 11.7. The highest BCUT2D eigenvalue weighted by Gasteiger charge is 2.18. The average molecular weight is 319 g/mol. The molecule has 0 aliphatic carbocycles. The molecule has 2 aromatic heterocycles. The molecule has 3 heterocycles. The maximum absolute atomic E-state index is 4.80. The van der Waals surface area contributed by atoms with Crippen molar-refractivity contribution in [2.24, 2.45) is 0 Å². The number of anilines is 1. The fourth-order valence-electron chi connectivity index (χ4n) is 3.21. The molecular formula is C19H21N5. The van der Waals surface area contributed by atoms with Crippen LogP contribution in [-0.2, 0) is 0 Å². The largest absolute Gasteiger partial charge is 0.356 e. The molecule has 4 rings (SSSR count). The van der Waals surface area contributed by atoms with Crippen molar-refractivity contribution in [2.45, 2.75) is 26.7 Å². The third-order valence-corrected chi connectivity index (χ3v) is 4.40. The van der Waals surface area contributed by atoms with Gasteiger partial charge in [-0.2, -0.15) is 10.1 Å². The van der Waals surface area contributed by atoms with Crippen LogP contribution in [0.4, 0.5) is 5.82 Å². The molecule has 0 atom stereocenters. The molecule has 0 radical (unpaired) electrons. The van der Waals surface area contributed by atoms with Gasteiger partial charge in [-0.15, -0.1) is 0 Å². The van der Waals surface area contributed by atoms with Crippen LogP contribution in [0.25, 0.3) is 17.2 Å². The molecule has 0 bridgehead atoms. The van der Waals surface area contributed by atoms with Crippen molar-refractivity contribution in [3.8, 4) is 17.2 Å². The van der Waals surface area contributed by atoms with Gasteiger partial charge in [0.15, 0.2) is 0 Å². The highest BCUT2D eigenvalue weighted by atomic mass is 15.4. The van der Waals surface area contributed by atoms with Crippen LogP contribution in [0.1, 0.15) is 24.2 Å². The summed E-state index contributed by atoms with van der Waals surface area (Å²) in [6, 6.07) is 14.4. The lowest BCUT2D eigenvalue weighted by Crippen LogP contribution is -2.20. The SMILES string of the molecule is Cc1cc(C)n(-c2nc(-c3ccccc3)cc(N3CCCC3)n2)n1. The Labute approximate surface area is 142 Å². The van der Waals surface area contributed by atoms with Crippen molar-refractivity contribution in [1.82, 2.24) is 19.7 Å². The normalized spacial score (nSPS) is 14.3. The molecule has 0 amide bonds. The molecule has 1 aliphatic heterocycles. The summed E-state index contributed by atoms with van der Waals surface area (Å²) < 4.78 is 1.83. The summed E-state index contributed by atoms with van der Waals surface area (Å²) >= 11 is 0. The second-order valence-electron chi connectivity index (χ2n) is 6.31. The maximum atomic E-state index is 4.80. The van der Waals surface area contributed by atoms with E-state index < -0.39 is 0 Å². The van der Waals surface area contributed by atoms with E-state index in [9.17, 15) is 0 Å². The van der Waals surface area contributed by atoms with Crippen LogP contribution >= 0.6 is 0 Å². The van der Waals surface area contributed by atoms with E-state index in [4.69, 9.17) is 9.97 Å². The zero-order valence-corrected chi connectivity index (χ0v) is 14.1. The van der Waals surface area contributed by atoms with Crippen LogP contribution in [0, 0.1) is 13.8 Å². The van der Waals surface area contributed by atoms with Crippen LogP contribution in [0.3, 0.4) is 0 Å². The van der Waals surface area contributed by atoms with Gasteiger partial charge in [0.25, 0.3) is 5.95 Å². The molecule has 1 saturated heterocycles. The van der Waals surface area contributed by atoms with Crippen LogP contribution in [0.2, 0.25) is 0 Å². The minimum absolute atomic E-state index is 0.642. The highest BCUT2D eigenvalue weighted by molar-refractivity contribution is 5.64. The standard InChI is InChI=1S/C19H21N5/c1-14-12-15(2)24(22-14)19-20-17(16-8-4-3-5-9-16)13-18(21-19)23-10-6-7-11-23/h3-5,8-9,12-13H,6-7,10-11H2,1-2H3. The van der Waals surface area contributed by atoms with Gasteiger partial charge in [0.05, 0.1) is 11.4 Å². The molecule has 5 nitrogen and oxygen atoms in total. The Morgan fingerprint density at radius 2 is 1.67 bits per heavy atom. The number of aryl methyl sites for hydroxylation is 2. The quantitative estimate of drug-likeness (QED) is 0.741. The summed E-state index contributed by atoms with van der Waals surface area (Å²) in [6.07, 6.45) is 2.44. The van der Waals surface area contributed by atoms with Gasteiger partial charge in [-0.05, 0) is 32.8 Å². The number of hydrogen-bond acceptors (Lipinski definition) is 4. The second-order valence-corrected chi connectivity index (χ2v) is 6.31. The number of nitrogens with zero attached hydrogens (tertiary/aromatic N) is 5. The molecule has 24 heavy (non-hydrogen) atoms. The van der Waals surface area contributed by atoms with Crippen LogP contribution in [-0.4, -0.2) is 32.8 Å². The van der Waals surface area contributed by atoms with Gasteiger partial charge < -0.3 is 4.90 Å². The van der Waals surface area contributed by atoms with E-state index in [-0.39, 0.29) is 0 Å². The third kappa shape index (κ3) is 2.77. The van der Waals surface area contributed by atoms with Crippen molar-refractivity contribution >= 4 is 5.82 Å². The van der Waals surface area contributed by atoms with E-state index in [2.05, 4.69) is 28.2 Å². The van der Waals surface area contributed by atoms with Crippen LogP contribution in [0.15, 0.2) is 42.5 Å². The smallest absolute Gasteiger partial charge is 0.253 e. The maximum Gasteiger partial charge on any atom is 0.253 e. The molecular weight excluding hydrogens is 298 g/mol.